The van der Waals surface area contributed by atoms with E-state index in [0.29, 0.717) is 33.0 Å². The van der Waals surface area contributed by atoms with Gasteiger partial charge in [-0.1, -0.05) is 6.42 Å². The summed E-state index contributed by atoms with van der Waals surface area (Å²) in [6, 6.07) is 0. The Morgan fingerprint density at radius 1 is 0.771 bits per heavy atom. The molecule has 0 bridgehead atoms. The minimum Gasteiger partial charge on any atom is -0.382 e. The fraction of sp³-hybridized carbons (Fsp3) is 1.00. The van der Waals surface area contributed by atoms with E-state index >= 15 is 0 Å². The van der Waals surface area contributed by atoms with Crippen molar-refractivity contribution in [1.82, 2.24) is 0 Å². The van der Waals surface area contributed by atoms with Crippen molar-refractivity contribution < 1.29 is 47.4 Å². The highest BCUT2D eigenvalue weighted by molar-refractivity contribution is 5.00. The zero-order valence-corrected chi connectivity index (χ0v) is 21.6. The van der Waals surface area contributed by atoms with Gasteiger partial charge < -0.3 is 47.4 Å². The quantitative estimate of drug-likeness (QED) is 0.438. The third kappa shape index (κ3) is 6.03. The summed E-state index contributed by atoms with van der Waals surface area (Å²) in [4.78, 5) is 0. The lowest BCUT2D eigenvalue weighted by Crippen LogP contribution is -2.56. The Balaban J connectivity index is 1.08. The maximum absolute atomic E-state index is 6.21. The summed E-state index contributed by atoms with van der Waals surface area (Å²) in [7, 11) is 1.70. The second kappa shape index (κ2) is 10.8. The van der Waals surface area contributed by atoms with Crippen LogP contribution in [0.15, 0.2) is 0 Å². The van der Waals surface area contributed by atoms with E-state index in [-0.39, 0.29) is 48.8 Å². The summed E-state index contributed by atoms with van der Waals surface area (Å²) in [5, 5.41) is 0. The number of ether oxygens (including phenoxy) is 10. The molecule has 1 aliphatic carbocycles. The third-order valence-electron chi connectivity index (χ3n) is 7.35. The highest BCUT2D eigenvalue weighted by atomic mass is 16.9. The fourth-order valence-electron chi connectivity index (χ4n) is 5.90. The van der Waals surface area contributed by atoms with E-state index in [1.165, 1.54) is 0 Å². The third-order valence-corrected chi connectivity index (χ3v) is 7.35. The number of rotatable bonds is 9. The van der Waals surface area contributed by atoms with Crippen molar-refractivity contribution in [3.63, 3.8) is 0 Å². The molecule has 10 heteroatoms. The second-order valence-electron chi connectivity index (χ2n) is 11.0. The highest BCUT2D eigenvalue weighted by Gasteiger charge is 2.60. The van der Waals surface area contributed by atoms with Gasteiger partial charge in [-0.2, -0.15) is 0 Å². The zero-order valence-electron chi connectivity index (χ0n) is 21.6. The Labute approximate surface area is 208 Å². The van der Waals surface area contributed by atoms with Crippen LogP contribution in [0.25, 0.3) is 0 Å². The molecule has 4 saturated heterocycles. The lowest BCUT2D eigenvalue weighted by Gasteiger charge is -2.37. The predicted octanol–water partition coefficient (Wildman–Crippen LogP) is 2.36. The largest absolute Gasteiger partial charge is 0.382 e. The van der Waals surface area contributed by atoms with Gasteiger partial charge in [0, 0.05) is 13.0 Å². The molecular weight excluding hydrogens is 460 g/mol. The molecule has 10 nitrogen and oxygen atoms in total. The molecule has 9 atom stereocenters. The topological polar surface area (TPSA) is 92.3 Å². The number of methoxy groups -OCH3 is 1. The summed E-state index contributed by atoms with van der Waals surface area (Å²) >= 11 is 0. The molecular formula is C25H42O10. The van der Waals surface area contributed by atoms with Crippen molar-refractivity contribution >= 4 is 0 Å². The van der Waals surface area contributed by atoms with Crippen LogP contribution in [0.4, 0.5) is 0 Å². The Morgan fingerprint density at radius 3 is 2.37 bits per heavy atom. The van der Waals surface area contributed by atoms with Gasteiger partial charge in [-0.3, -0.25) is 0 Å². The molecule has 0 radical (unpaired) electrons. The van der Waals surface area contributed by atoms with E-state index in [1.54, 1.807) is 7.11 Å². The van der Waals surface area contributed by atoms with Gasteiger partial charge in [0.05, 0.1) is 45.2 Å². The average molecular weight is 503 g/mol. The van der Waals surface area contributed by atoms with E-state index < -0.39 is 17.9 Å². The molecule has 5 aliphatic rings. The Hall–Kier alpha value is -0.400. The lowest BCUT2D eigenvalue weighted by atomic mass is 9.99. The molecule has 5 fully saturated rings. The summed E-state index contributed by atoms with van der Waals surface area (Å²) in [5.74, 6) is -1.20. The van der Waals surface area contributed by atoms with Gasteiger partial charge >= 0.3 is 0 Å². The van der Waals surface area contributed by atoms with Crippen molar-refractivity contribution in [2.45, 2.75) is 114 Å². The van der Waals surface area contributed by atoms with E-state index in [4.69, 9.17) is 47.4 Å². The standard InChI is InChI=1S/C25H42O10/c1-24(2)32-19-18(31-23-21(20(19)33-24)34-25(3,4)35-23)14-27-11-12-28-17-8-6-7-16(17)22-29-10-9-15(30-22)13-26-5/h15-23H,6-14H2,1-5H3/t15-,16+,17-,18?,19-,20?,21-,22?,23+/m0/s1. The van der Waals surface area contributed by atoms with E-state index in [9.17, 15) is 0 Å². The van der Waals surface area contributed by atoms with Crippen molar-refractivity contribution in [1.29, 1.82) is 0 Å². The Kier molecular flexibility index (Phi) is 8.06. The van der Waals surface area contributed by atoms with Gasteiger partial charge in [0.2, 0.25) is 0 Å². The lowest BCUT2D eigenvalue weighted by molar-refractivity contribution is -0.254. The molecule has 0 aromatic rings. The fourth-order valence-corrected chi connectivity index (χ4v) is 5.90. The maximum Gasteiger partial charge on any atom is 0.190 e. The zero-order chi connectivity index (χ0) is 24.6. The van der Waals surface area contributed by atoms with E-state index in [2.05, 4.69) is 0 Å². The second-order valence-corrected chi connectivity index (χ2v) is 11.0. The van der Waals surface area contributed by atoms with Crippen LogP contribution >= 0.6 is 0 Å². The van der Waals surface area contributed by atoms with Gasteiger partial charge in [-0.05, 0) is 47.0 Å². The Morgan fingerprint density at radius 2 is 1.54 bits per heavy atom. The van der Waals surface area contributed by atoms with Crippen LogP contribution in [0.3, 0.4) is 0 Å². The molecule has 3 unspecified atom stereocenters. The molecule has 35 heavy (non-hydrogen) atoms. The van der Waals surface area contributed by atoms with Crippen LogP contribution in [0.5, 0.6) is 0 Å². The van der Waals surface area contributed by atoms with Crippen LogP contribution in [-0.2, 0) is 47.4 Å². The minimum absolute atomic E-state index is 0.0915. The van der Waals surface area contributed by atoms with Gasteiger partial charge in [-0.25, -0.2) is 0 Å². The van der Waals surface area contributed by atoms with Gasteiger partial charge in [0.1, 0.15) is 24.4 Å². The SMILES string of the molecule is COC[C@@H]1CCOC([C@@H]2CCC[C@@H]2OCCOCC2O[C@@H]3OC(C)(C)O[C@H]3C3OC(C)(C)O[C@@H]23)O1. The van der Waals surface area contributed by atoms with Crippen LogP contribution in [-0.4, -0.2) is 101 Å². The van der Waals surface area contributed by atoms with Gasteiger partial charge in [0.25, 0.3) is 0 Å². The van der Waals surface area contributed by atoms with Gasteiger partial charge in [-0.15, -0.1) is 0 Å². The summed E-state index contributed by atoms with van der Waals surface area (Å²) in [5.41, 5.74) is 0. The monoisotopic (exact) mass is 502 g/mol. The smallest absolute Gasteiger partial charge is 0.190 e. The number of hydrogen-bond donors (Lipinski definition) is 0. The summed E-state index contributed by atoms with van der Waals surface area (Å²) in [6.07, 6.45) is 2.29. The molecule has 1 saturated carbocycles. The molecule has 0 spiro atoms. The van der Waals surface area contributed by atoms with Crippen molar-refractivity contribution in [3.05, 3.63) is 0 Å². The molecule has 0 aromatic carbocycles. The molecule has 0 aromatic heterocycles. The molecule has 4 aliphatic heterocycles. The first-order chi connectivity index (χ1) is 16.7. The first-order valence-electron chi connectivity index (χ1n) is 13.1. The predicted molar refractivity (Wildman–Crippen MR) is 122 cm³/mol. The van der Waals surface area contributed by atoms with Crippen molar-refractivity contribution in [3.8, 4) is 0 Å². The summed E-state index contributed by atoms with van der Waals surface area (Å²) < 4.78 is 60.0. The van der Waals surface area contributed by atoms with E-state index in [0.717, 1.165) is 25.7 Å². The van der Waals surface area contributed by atoms with Crippen LogP contribution in [0, 0.1) is 5.92 Å². The average Bonchev–Trinajstić information content (AvgIpc) is 3.47. The first-order valence-corrected chi connectivity index (χ1v) is 13.1. The van der Waals surface area contributed by atoms with Gasteiger partial charge in [0.15, 0.2) is 24.2 Å². The molecule has 4 heterocycles. The number of fused-ring (bicyclic) bond motifs is 3. The highest BCUT2D eigenvalue weighted by Crippen LogP contribution is 2.44. The molecule has 0 N–H and O–H groups in total. The van der Waals surface area contributed by atoms with Crippen molar-refractivity contribution in [2.24, 2.45) is 5.92 Å². The maximum atomic E-state index is 6.21. The Bertz CT molecular complexity index is 700. The van der Waals surface area contributed by atoms with Crippen molar-refractivity contribution in [2.75, 3.05) is 40.1 Å². The van der Waals surface area contributed by atoms with E-state index in [1.807, 2.05) is 27.7 Å². The van der Waals surface area contributed by atoms with Crippen LogP contribution < -0.4 is 0 Å². The minimum atomic E-state index is -0.729. The van der Waals surface area contributed by atoms with Crippen LogP contribution in [0.1, 0.15) is 53.4 Å². The molecule has 202 valence electrons. The molecule has 0 amide bonds. The number of hydrogen-bond acceptors (Lipinski definition) is 10. The summed E-state index contributed by atoms with van der Waals surface area (Å²) in [6.45, 7) is 10.2. The normalized spacial score (nSPS) is 44.3. The van der Waals surface area contributed by atoms with Crippen LogP contribution in [0.2, 0.25) is 0 Å². The molecule has 5 rings (SSSR count). The first kappa shape index (κ1) is 26.2.